The summed E-state index contributed by atoms with van der Waals surface area (Å²) >= 11 is 0. The molecule has 0 spiro atoms. The Kier molecular flexibility index (Phi) is 5.99. The second-order valence-electron chi connectivity index (χ2n) is 5.01. The largest absolute Gasteiger partial charge is 0.330 e. The highest BCUT2D eigenvalue weighted by Crippen LogP contribution is 2.14. The molecule has 0 saturated carbocycles. The van der Waals surface area contributed by atoms with Crippen molar-refractivity contribution in [1.82, 2.24) is 0 Å². The van der Waals surface area contributed by atoms with E-state index in [1.165, 1.54) is 12.1 Å². The lowest BCUT2D eigenvalue weighted by Crippen LogP contribution is -2.10. The second-order valence-corrected chi connectivity index (χ2v) is 5.01. The Hall–Kier alpha value is -1.22. The van der Waals surface area contributed by atoms with Crippen LogP contribution in [0.25, 0.3) is 0 Å². The van der Waals surface area contributed by atoms with Crippen molar-refractivity contribution in [3.63, 3.8) is 0 Å². The predicted octanol–water partition coefficient (Wildman–Crippen LogP) is 3.01. The van der Waals surface area contributed by atoms with Crippen LogP contribution in [-0.4, -0.2) is 12.3 Å². The summed E-state index contributed by atoms with van der Waals surface area (Å²) in [5.41, 5.74) is 7.24. The third kappa shape index (κ3) is 4.96. The van der Waals surface area contributed by atoms with Gasteiger partial charge in [-0.3, -0.25) is 4.79 Å². The van der Waals surface area contributed by atoms with Gasteiger partial charge in [0, 0.05) is 12.8 Å². The molecule has 0 saturated heterocycles. The minimum Gasteiger partial charge on any atom is -0.330 e. The van der Waals surface area contributed by atoms with Crippen LogP contribution in [0.3, 0.4) is 0 Å². The number of halogens is 1. The fourth-order valence-corrected chi connectivity index (χ4v) is 1.97. The molecule has 1 aromatic carbocycles. The van der Waals surface area contributed by atoms with Crippen molar-refractivity contribution in [2.24, 2.45) is 11.7 Å². The van der Waals surface area contributed by atoms with Crippen LogP contribution in [0.2, 0.25) is 0 Å². The van der Waals surface area contributed by atoms with E-state index in [1.807, 2.05) is 6.92 Å². The van der Waals surface area contributed by atoms with E-state index in [9.17, 15) is 9.18 Å². The van der Waals surface area contributed by atoms with Crippen LogP contribution < -0.4 is 5.73 Å². The number of benzene rings is 1. The number of ketones is 1. The van der Waals surface area contributed by atoms with Gasteiger partial charge in [0.2, 0.25) is 0 Å². The minimum absolute atomic E-state index is 0.174. The normalized spacial score (nSPS) is 12.4. The molecule has 18 heavy (non-hydrogen) atoms. The number of nitrogens with two attached hydrogens (primary N) is 1. The monoisotopic (exact) mass is 251 g/mol. The van der Waals surface area contributed by atoms with Gasteiger partial charge < -0.3 is 5.73 Å². The number of carbonyl (C=O) groups excluding carboxylic acids is 1. The van der Waals surface area contributed by atoms with Crippen molar-refractivity contribution < 1.29 is 9.18 Å². The SMILES string of the molecule is Cc1ccc(F)cc1CC(=O)CCC(C)CCN. The summed E-state index contributed by atoms with van der Waals surface area (Å²) in [5, 5.41) is 0. The Bertz CT molecular complexity index is 403. The zero-order chi connectivity index (χ0) is 13.5. The molecule has 0 bridgehead atoms. The molecule has 0 fully saturated rings. The highest BCUT2D eigenvalue weighted by atomic mass is 19.1. The van der Waals surface area contributed by atoms with Crippen LogP contribution in [0.4, 0.5) is 4.39 Å². The molecule has 1 aromatic rings. The third-order valence-electron chi connectivity index (χ3n) is 3.27. The van der Waals surface area contributed by atoms with Crippen LogP contribution in [-0.2, 0) is 11.2 Å². The van der Waals surface area contributed by atoms with Gasteiger partial charge in [-0.25, -0.2) is 4.39 Å². The molecule has 0 aliphatic heterocycles. The topological polar surface area (TPSA) is 43.1 Å². The van der Waals surface area contributed by atoms with Crippen molar-refractivity contribution in [2.75, 3.05) is 6.54 Å². The Morgan fingerprint density at radius 3 is 2.78 bits per heavy atom. The van der Waals surface area contributed by atoms with Crippen LogP contribution in [0, 0.1) is 18.7 Å². The van der Waals surface area contributed by atoms with E-state index in [0.29, 0.717) is 25.3 Å². The number of hydrogen-bond donors (Lipinski definition) is 1. The summed E-state index contributed by atoms with van der Waals surface area (Å²) in [6.07, 6.45) is 2.70. The highest BCUT2D eigenvalue weighted by Gasteiger charge is 2.09. The average molecular weight is 251 g/mol. The summed E-state index contributed by atoms with van der Waals surface area (Å²) < 4.78 is 13.1. The molecular formula is C15H22FNO. The molecule has 3 heteroatoms. The van der Waals surface area contributed by atoms with E-state index in [4.69, 9.17) is 5.73 Å². The quantitative estimate of drug-likeness (QED) is 0.809. The zero-order valence-corrected chi connectivity index (χ0v) is 11.2. The Morgan fingerprint density at radius 1 is 1.39 bits per heavy atom. The summed E-state index contributed by atoms with van der Waals surface area (Å²) in [5.74, 6) is 0.375. The smallest absolute Gasteiger partial charge is 0.137 e. The maximum Gasteiger partial charge on any atom is 0.137 e. The number of rotatable bonds is 7. The maximum absolute atomic E-state index is 13.1. The van der Waals surface area contributed by atoms with E-state index in [0.717, 1.165) is 24.0 Å². The van der Waals surface area contributed by atoms with Gasteiger partial charge >= 0.3 is 0 Å². The molecule has 2 nitrogen and oxygen atoms in total. The first kappa shape index (κ1) is 14.8. The van der Waals surface area contributed by atoms with E-state index in [1.54, 1.807) is 6.07 Å². The number of Topliss-reactive ketones (excluding diaryl/α,β-unsaturated/α-hetero) is 1. The first-order valence-corrected chi connectivity index (χ1v) is 6.49. The lowest BCUT2D eigenvalue weighted by Gasteiger charge is -2.09. The molecule has 100 valence electrons. The van der Waals surface area contributed by atoms with Crippen LogP contribution >= 0.6 is 0 Å². The standard InChI is InChI=1S/C15H22FNO/c1-11(7-8-17)3-6-15(18)10-13-9-14(16)5-4-12(13)2/h4-5,9,11H,3,6-8,10,17H2,1-2H3. The lowest BCUT2D eigenvalue weighted by molar-refractivity contribution is -0.118. The molecule has 1 rings (SSSR count). The molecule has 0 aromatic heterocycles. The van der Waals surface area contributed by atoms with E-state index in [-0.39, 0.29) is 11.6 Å². The van der Waals surface area contributed by atoms with Gasteiger partial charge in [-0.2, -0.15) is 0 Å². The molecule has 0 amide bonds. The lowest BCUT2D eigenvalue weighted by atomic mass is 9.96. The molecule has 0 heterocycles. The van der Waals surface area contributed by atoms with Crippen molar-refractivity contribution >= 4 is 5.78 Å². The van der Waals surface area contributed by atoms with Crippen molar-refractivity contribution in [3.05, 3.63) is 35.1 Å². The molecule has 0 aliphatic carbocycles. The van der Waals surface area contributed by atoms with Crippen molar-refractivity contribution in [2.45, 2.75) is 39.5 Å². The van der Waals surface area contributed by atoms with Gasteiger partial charge in [-0.05, 0) is 55.5 Å². The molecule has 0 radical (unpaired) electrons. The van der Waals surface area contributed by atoms with E-state index >= 15 is 0 Å². The zero-order valence-electron chi connectivity index (χ0n) is 11.2. The highest BCUT2D eigenvalue weighted by molar-refractivity contribution is 5.81. The van der Waals surface area contributed by atoms with Crippen molar-refractivity contribution in [1.29, 1.82) is 0 Å². The minimum atomic E-state index is -0.278. The predicted molar refractivity (Wildman–Crippen MR) is 71.9 cm³/mol. The molecule has 1 atom stereocenters. The van der Waals surface area contributed by atoms with Gasteiger partial charge in [-0.1, -0.05) is 13.0 Å². The van der Waals surface area contributed by atoms with Gasteiger partial charge in [0.1, 0.15) is 11.6 Å². The van der Waals surface area contributed by atoms with Crippen LogP contribution in [0.5, 0.6) is 0 Å². The average Bonchev–Trinajstić information content (AvgIpc) is 2.32. The fourth-order valence-electron chi connectivity index (χ4n) is 1.97. The molecule has 0 aliphatic rings. The van der Waals surface area contributed by atoms with E-state index in [2.05, 4.69) is 6.92 Å². The van der Waals surface area contributed by atoms with Gasteiger partial charge in [0.25, 0.3) is 0 Å². The molecule has 2 N–H and O–H groups in total. The molecular weight excluding hydrogens is 229 g/mol. The van der Waals surface area contributed by atoms with Gasteiger partial charge in [0.15, 0.2) is 0 Å². The maximum atomic E-state index is 13.1. The Labute approximate surface area is 108 Å². The van der Waals surface area contributed by atoms with Crippen molar-refractivity contribution in [3.8, 4) is 0 Å². The number of carbonyl (C=O) groups is 1. The third-order valence-corrected chi connectivity index (χ3v) is 3.27. The Morgan fingerprint density at radius 2 is 2.11 bits per heavy atom. The van der Waals surface area contributed by atoms with Crippen LogP contribution in [0.15, 0.2) is 18.2 Å². The summed E-state index contributed by atoms with van der Waals surface area (Å²) in [6, 6.07) is 4.60. The first-order chi connectivity index (χ1) is 8.52. The summed E-state index contributed by atoms with van der Waals surface area (Å²) in [4.78, 5) is 11.8. The fraction of sp³-hybridized carbons (Fsp3) is 0.533. The van der Waals surface area contributed by atoms with Gasteiger partial charge in [-0.15, -0.1) is 0 Å². The first-order valence-electron chi connectivity index (χ1n) is 6.49. The summed E-state index contributed by atoms with van der Waals surface area (Å²) in [7, 11) is 0. The number of aryl methyl sites for hydroxylation is 1. The van der Waals surface area contributed by atoms with E-state index < -0.39 is 0 Å². The molecule has 1 unspecified atom stereocenters. The second kappa shape index (κ2) is 7.27. The Balaban J connectivity index is 2.47. The van der Waals surface area contributed by atoms with Gasteiger partial charge in [0.05, 0.1) is 0 Å². The van der Waals surface area contributed by atoms with Crippen LogP contribution in [0.1, 0.15) is 37.3 Å². The summed E-state index contributed by atoms with van der Waals surface area (Å²) in [6.45, 7) is 4.67. The number of hydrogen-bond acceptors (Lipinski definition) is 2.